The molecular formula is C46H85NO8P+. The summed E-state index contributed by atoms with van der Waals surface area (Å²) in [6.07, 6.45) is 44.4. The van der Waals surface area contributed by atoms with E-state index in [1.807, 2.05) is 21.1 Å². The molecule has 2 atom stereocenters. The Hall–Kier alpha value is -2.03. The molecule has 0 saturated heterocycles. The molecule has 56 heavy (non-hydrogen) atoms. The average molecular weight is 811 g/mol. The maximum Gasteiger partial charge on any atom is 0.472 e. The third kappa shape index (κ3) is 41.6. The van der Waals surface area contributed by atoms with Crippen LogP contribution in [0.1, 0.15) is 181 Å². The highest BCUT2D eigenvalue weighted by atomic mass is 31.2. The Morgan fingerprint density at radius 1 is 0.554 bits per heavy atom. The molecule has 0 bridgehead atoms. The second kappa shape index (κ2) is 38.5. The lowest BCUT2D eigenvalue weighted by molar-refractivity contribution is -0.870. The highest BCUT2D eigenvalue weighted by molar-refractivity contribution is 7.47. The van der Waals surface area contributed by atoms with Crippen LogP contribution in [-0.4, -0.2) is 74.9 Å². The summed E-state index contributed by atoms with van der Waals surface area (Å²) < 4.78 is 34.3. The van der Waals surface area contributed by atoms with Crippen LogP contribution in [0.3, 0.4) is 0 Å². The fraction of sp³-hybridized carbons (Fsp3) is 0.783. The first-order valence-electron chi connectivity index (χ1n) is 22.4. The molecule has 326 valence electrons. The van der Waals surface area contributed by atoms with Crippen LogP contribution in [0, 0.1) is 0 Å². The van der Waals surface area contributed by atoms with Gasteiger partial charge in [0.1, 0.15) is 19.8 Å². The number of unbranched alkanes of at least 4 members (excludes halogenated alkanes) is 18. The number of likely N-dealkylation sites (N-methyl/N-ethyl adjacent to an activating group) is 1. The maximum atomic E-state index is 12.7. The van der Waals surface area contributed by atoms with E-state index in [0.717, 1.165) is 70.6 Å². The Kier molecular flexibility index (Phi) is 37.1. The molecule has 1 unspecified atom stereocenters. The Labute approximate surface area is 343 Å². The van der Waals surface area contributed by atoms with Crippen LogP contribution in [0.15, 0.2) is 48.6 Å². The summed E-state index contributed by atoms with van der Waals surface area (Å²) >= 11 is 0. The summed E-state index contributed by atoms with van der Waals surface area (Å²) in [5.74, 6) is -0.835. The largest absolute Gasteiger partial charge is 0.472 e. The van der Waals surface area contributed by atoms with E-state index in [4.69, 9.17) is 18.5 Å². The zero-order valence-electron chi connectivity index (χ0n) is 36.6. The van der Waals surface area contributed by atoms with Gasteiger partial charge in [0.05, 0.1) is 27.7 Å². The van der Waals surface area contributed by atoms with Gasteiger partial charge in [-0.1, -0.05) is 140 Å². The molecule has 0 aliphatic heterocycles. The third-order valence-electron chi connectivity index (χ3n) is 9.33. The summed E-state index contributed by atoms with van der Waals surface area (Å²) in [7, 11) is 1.45. The van der Waals surface area contributed by atoms with Crippen LogP contribution < -0.4 is 0 Å². The summed E-state index contributed by atoms with van der Waals surface area (Å²) in [5.41, 5.74) is 0. The number of carbonyl (C=O) groups is 2. The Balaban J connectivity index is 4.41. The standard InChI is InChI=1S/C46H84NO8P/c1-6-8-10-12-14-16-18-20-22-23-25-26-28-30-32-34-36-38-45(48)52-42-44(43-54-56(50,51)53-41-40-47(3,4)5)55-46(49)39-37-35-33-31-29-27-24-21-19-17-15-13-11-9-7-2/h14,16,20-22,24-26,44H,6-13,15,17-19,23,27-43H2,1-5H3/p+1/b16-14+,22-20+,24-21+,26-25+/t44-/m1/s1. The molecule has 0 amide bonds. The topological polar surface area (TPSA) is 108 Å². The minimum atomic E-state index is -4.38. The zero-order valence-corrected chi connectivity index (χ0v) is 37.5. The van der Waals surface area contributed by atoms with Crippen LogP contribution in [0.2, 0.25) is 0 Å². The number of phosphoric acid groups is 1. The monoisotopic (exact) mass is 811 g/mol. The molecule has 0 spiro atoms. The first-order chi connectivity index (χ1) is 27.0. The van der Waals surface area contributed by atoms with Gasteiger partial charge >= 0.3 is 19.8 Å². The molecule has 1 N–H and O–H groups in total. The van der Waals surface area contributed by atoms with Crippen LogP contribution in [0.4, 0.5) is 0 Å². The predicted octanol–water partition coefficient (Wildman–Crippen LogP) is 12.7. The van der Waals surface area contributed by atoms with Crippen molar-refractivity contribution in [3.8, 4) is 0 Å². The number of ether oxygens (including phenoxy) is 2. The fourth-order valence-corrected chi connectivity index (χ4v) is 6.52. The summed E-state index contributed by atoms with van der Waals surface area (Å²) in [4.78, 5) is 35.4. The quantitative estimate of drug-likeness (QED) is 0.0214. The normalized spacial score (nSPS) is 14.0. The molecule has 0 rings (SSSR count). The molecule has 0 aliphatic rings. The molecule has 0 aromatic carbocycles. The smallest absolute Gasteiger partial charge is 0.462 e. The van der Waals surface area contributed by atoms with Gasteiger partial charge in [-0.05, 0) is 77.0 Å². The number of hydrogen-bond donors (Lipinski definition) is 1. The van der Waals surface area contributed by atoms with Gasteiger partial charge in [-0.25, -0.2) is 4.57 Å². The first-order valence-corrected chi connectivity index (χ1v) is 23.9. The van der Waals surface area contributed by atoms with Crippen molar-refractivity contribution in [2.45, 2.75) is 187 Å². The van der Waals surface area contributed by atoms with Crippen LogP contribution >= 0.6 is 7.82 Å². The number of esters is 2. The van der Waals surface area contributed by atoms with Crippen molar-refractivity contribution in [3.63, 3.8) is 0 Å². The molecule has 10 heteroatoms. The van der Waals surface area contributed by atoms with Crippen molar-refractivity contribution >= 4 is 19.8 Å². The van der Waals surface area contributed by atoms with Gasteiger partial charge in [0.15, 0.2) is 6.10 Å². The number of allylic oxidation sites excluding steroid dienone is 8. The number of hydrogen-bond acceptors (Lipinski definition) is 7. The van der Waals surface area contributed by atoms with E-state index >= 15 is 0 Å². The number of rotatable bonds is 40. The molecule has 0 saturated carbocycles. The third-order valence-corrected chi connectivity index (χ3v) is 10.3. The van der Waals surface area contributed by atoms with Crippen molar-refractivity contribution in [2.24, 2.45) is 0 Å². The zero-order chi connectivity index (χ0) is 41.4. The van der Waals surface area contributed by atoms with Crippen LogP contribution in [0.25, 0.3) is 0 Å². The minimum Gasteiger partial charge on any atom is -0.462 e. The number of nitrogens with zero attached hydrogens (tertiary/aromatic N) is 1. The van der Waals surface area contributed by atoms with Gasteiger partial charge in [0.2, 0.25) is 0 Å². The van der Waals surface area contributed by atoms with Crippen molar-refractivity contribution in [1.82, 2.24) is 0 Å². The van der Waals surface area contributed by atoms with Crippen molar-refractivity contribution < 1.29 is 42.1 Å². The molecule has 9 nitrogen and oxygen atoms in total. The first kappa shape index (κ1) is 54.0. The van der Waals surface area contributed by atoms with E-state index in [-0.39, 0.29) is 26.1 Å². The summed E-state index contributed by atoms with van der Waals surface area (Å²) in [6, 6.07) is 0. The minimum absolute atomic E-state index is 0.0250. The number of quaternary nitrogens is 1. The van der Waals surface area contributed by atoms with Gasteiger partial charge < -0.3 is 18.9 Å². The SMILES string of the molecule is CCCCC/C=C/C/C=C/C/C=C/CCCCCCC(=O)OC[C@H](COP(=O)(O)OCC[N+](C)(C)C)OC(=O)CCCCCCC/C=C/CCCCCCCC. The number of phosphoric ester groups is 1. The Morgan fingerprint density at radius 3 is 1.48 bits per heavy atom. The molecule has 0 aromatic rings. The van der Waals surface area contributed by atoms with E-state index in [2.05, 4.69) is 62.5 Å². The van der Waals surface area contributed by atoms with E-state index in [0.29, 0.717) is 23.9 Å². The lowest BCUT2D eigenvalue weighted by Crippen LogP contribution is -2.37. The van der Waals surface area contributed by atoms with Gasteiger partial charge in [-0.15, -0.1) is 0 Å². The lowest BCUT2D eigenvalue weighted by atomic mass is 10.1. The van der Waals surface area contributed by atoms with Gasteiger partial charge in [-0.3, -0.25) is 18.6 Å². The van der Waals surface area contributed by atoms with Crippen LogP contribution in [-0.2, 0) is 32.7 Å². The Morgan fingerprint density at radius 2 is 0.964 bits per heavy atom. The van der Waals surface area contributed by atoms with E-state index in [9.17, 15) is 19.0 Å². The van der Waals surface area contributed by atoms with Crippen LogP contribution in [0.5, 0.6) is 0 Å². The molecule has 0 aromatic heterocycles. The summed E-state index contributed by atoms with van der Waals surface area (Å²) in [6.45, 7) is 4.35. The van der Waals surface area contributed by atoms with E-state index < -0.39 is 32.5 Å². The molecule has 0 heterocycles. The highest BCUT2D eigenvalue weighted by Gasteiger charge is 2.27. The second-order valence-electron chi connectivity index (χ2n) is 16.1. The lowest BCUT2D eigenvalue weighted by Gasteiger charge is -2.24. The molecule has 0 fully saturated rings. The maximum absolute atomic E-state index is 12.7. The van der Waals surface area contributed by atoms with E-state index in [1.54, 1.807) is 0 Å². The van der Waals surface area contributed by atoms with Gasteiger partial charge in [0, 0.05) is 12.8 Å². The number of carbonyl (C=O) groups excluding carboxylic acids is 2. The average Bonchev–Trinajstić information content (AvgIpc) is 3.15. The Bertz CT molecular complexity index is 1100. The predicted molar refractivity (Wildman–Crippen MR) is 233 cm³/mol. The fourth-order valence-electron chi connectivity index (χ4n) is 5.78. The van der Waals surface area contributed by atoms with Crippen molar-refractivity contribution in [3.05, 3.63) is 48.6 Å². The summed E-state index contributed by atoms with van der Waals surface area (Å²) in [5, 5.41) is 0. The van der Waals surface area contributed by atoms with Crippen molar-refractivity contribution in [2.75, 3.05) is 47.5 Å². The molecule has 0 radical (unpaired) electrons. The van der Waals surface area contributed by atoms with Gasteiger partial charge in [-0.2, -0.15) is 0 Å². The van der Waals surface area contributed by atoms with Gasteiger partial charge in [0.25, 0.3) is 0 Å². The van der Waals surface area contributed by atoms with E-state index in [1.165, 1.54) is 70.6 Å². The highest BCUT2D eigenvalue weighted by Crippen LogP contribution is 2.43. The second-order valence-corrected chi connectivity index (χ2v) is 17.5. The molecular weight excluding hydrogens is 725 g/mol. The van der Waals surface area contributed by atoms with Crippen molar-refractivity contribution in [1.29, 1.82) is 0 Å². The molecule has 0 aliphatic carbocycles.